The van der Waals surface area contributed by atoms with Crippen LogP contribution in [0.4, 0.5) is 4.79 Å². The molecule has 0 atom stereocenters. The first kappa shape index (κ1) is 17.5. The second-order valence-corrected chi connectivity index (χ2v) is 6.64. The van der Waals surface area contributed by atoms with E-state index in [4.69, 9.17) is 0 Å². The number of likely N-dealkylation sites (tertiary alicyclic amines) is 1. The monoisotopic (exact) mass is 342 g/mol. The fourth-order valence-electron chi connectivity index (χ4n) is 3.49. The van der Waals surface area contributed by atoms with Crippen LogP contribution < -0.4 is 10.6 Å². The highest BCUT2D eigenvalue weighted by Gasteiger charge is 2.24. The number of aromatic amines is 1. The Morgan fingerprint density at radius 1 is 1.24 bits per heavy atom. The number of urea groups is 1. The lowest BCUT2D eigenvalue weighted by atomic mass is 9.89. The molecule has 25 heavy (non-hydrogen) atoms. The van der Waals surface area contributed by atoms with E-state index in [2.05, 4.69) is 44.9 Å². The number of rotatable bonds is 5. The van der Waals surface area contributed by atoms with Crippen molar-refractivity contribution < 1.29 is 9.59 Å². The highest BCUT2D eigenvalue weighted by Crippen LogP contribution is 2.32. The van der Waals surface area contributed by atoms with Gasteiger partial charge >= 0.3 is 6.03 Å². The van der Waals surface area contributed by atoms with Crippen LogP contribution in [0.2, 0.25) is 0 Å². The third kappa shape index (κ3) is 4.39. The molecule has 2 heterocycles. The smallest absolute Gasteiger partial charge is 0.321 e. The average Bonchev–Trinajstić information content (AvgIpc) is 3.04. The maximum Gasteiger partial charge on any atom is 0.321 e. The van der Waals surface area contributed by atoms with Gasteiger partial charge in [0.2, 0.25) is 5.91 Å². The van der Waals surface area contributed by atoms with E-state index in [1.807, 2.05) is 13.0 Å². The van der Waals surface area contributed by atoms with Crippen LogP contribution >= 0.6 is 0 Å². The molecule has 1 saturated heterocycles. The number of hydrogen-bond acceptors (Lipinski definition) is 3. The Balaban J connectivity index is 1.49. The van der Waals surface area contributed by atoms with E-state index in [1.165, 1.54) is 16.5 Å². The summed E-state index contributed by atoms with van der Waals surface area (Å²) in [6, 6.07) is 7.97. The molecule has 6 nitrogen and oxygen atoms in total. The molecule has 3 rings (SSSR count). The number of amides is 3. The van der Waals surface area contributed by atoms with Crippen molar-refractivity contribution >= 4 is 22.8 Å². The molecule has 1 aromatic heterocycles. The molecule has 1 fully saturated rings. The van der Waals surface area contributed by atoms with Crippen molar-refractivity contribution in [1.82, 2.24) is 20.5 Å². The standard InChI is InChI=1S/C19H26N4O2/c1-2-9-20-19(25)22-18(24)13-23-10-7-14(8-11-23)16-12-21-17-6-4-3-5-15(16)17/h3-6,12,14,21H,2,7-11,13H2,1H3,(H2,20,22,24,25). The lowest BCUT2D eigenvalue weighted by Gasteiger charge is -2.31. The number of aromatic nitrogens is 1. The zero-order chi connectivity index (χ0) is 17.6. The van der Waals surface area contributed by atoms with Crippen molar-refractivity contribution in [3.05, 3.63) is 36.0 Å². The molecule has 2 aromatic rings. The van der Waals surface area contributed by atoms with Gasteiger partial charge < -0.3 is 10.3 Å². The zero-order valence-corrected chi connectivity index (χ0v) is 14.7. The molecule has 3 amide bonds. The number of nitrogens with zero attached hydrogens (tertiary/aromatic N) is 1. The molecule has 0 aliphatic carbocycles. The average molecular weight is 342 g/mol. The minimum Gasteiger partial charge on any atom is -0.361 e. The van der Waals surface area contributed by atoms with Gasteiger partial charge in [0.15, 0.2) is 0 Å². The number of benzene rings is 1. The van der Waals surface area contributed by atoms with E-state index in [9.17, 15) is 9.59 Å². The number of hydrogen-bond donors (Lipinski definition) is 3. The Labute approximate surface area is 148 Å². The zero-order valence-electron chi connectivity index (χ0n) is 14.7. The summed E-state index contributed by atoms with van der Waals surface area (Å²) in [7, 11) is 0. The van der Waals surface area contributed by atoms with Gasteiger partial charge in [-0.1, -0.05) is 25.1 Å². The summed E-state index contributed by atoms with van der Waals surface area (Å²) in [4.78, 5) is 28.9. The number of piperidine rings is 1. The Bertz CT molecular complexity index is 732. The predicted octanol–water partition coefficient (Wildman–Crippen LogP) is 2.58. The quantitative estimate of drug-likeness (QED) is 0.781. The van der Waals surface area contributed by atoms with Gasteiger partial charge in [0, 0.05) is 23.6 Å². The van der Waals surface area contributed by atoms with E-state index in [-0.39, 0.29) is 12.5 Å². The molecule has 0 saturated carbocycles. The maximum absolute atomic E-state index is 12.0. The van der Waals surface area contributed by atoms with Crippen LogP contribution in [-0.4, -0.2) is 48.0 Å². The van der Waals surface area contributed by atoms with Gasteiger partial charge in [-0.2, -0.15) is 0 Å². The number of carbonyl (C=O) groups excluding carboxylic acids is 2. The van der Waals surface area contributed by atoms with E-state index < -0.39 is 6.03 Å². The summed E-state index contributed by atoms with van der Waals surface area (Å²) in [5.41, 5.74) is 2.55. The second-order valence-electron chi connectivity index (χ2n) is 6.64. The number of carbonyl (C=O) groups is 2. The van der Waals surface area contributed by atoms with Crippen LogP contribution in [0.25, 0.3) is 10.9 Å². The van der Waals surface area contributed by atoms with Gasteiger partial charge in [-0.25, -0.2) is 4.79 Å². The topological polar surface area (TPSA) is 77.2 Å². The first-order chi connectivity index (χ1) is 12.2. The molecule has 0 spiro atoms. The lowest BCUT2D eigenvalue weighted by molar-refractivity contribution is -0.121. The van der Waals surface area contributed by atoms with Gasteiger partial charge in [0.1, 0.15) is 0 Å². The third-order valence-electron chi connectivity index (χ3n) is 4.80. The molecular weight excluding hydrogens is 316 g/mol. The second kappa shape index (κ2) is 8.16. The van der Waals surface area contributed by atoms with Gasteiger partial charge in [-0.15, -0.1) is 0 Å². The first-order valence-corrected chi connectivity index (χ1v) is 9.03. The Hall–Kier alpha value is -2.34. The fourth-order valence-corrected chi connectivity index (χ4v) is 3.49. The summed E-state index contributed by atoms with van der Waals surface area (Å²) < 4.78 is 0. The Kier molecular flexibility index (Phi) is 5.71. The minimum atomic E-state index is -0.402. The van der Waals surface area contributed by atoms with Crippen molar-refractivity contribution in [2.24, 2.45) is 0 Å². The van der Waals surface area contributed by atoms with Crippen molar-refractivity contribution in [3.8, 4) is 0 Å². The molecule has 6 heteroatoms. The third-order valence-corrected chi connectivity index (χ3v) is 4.80. The SMILES string of the molecule is CCCNC(=O)NC(=O)CN1CCC(c2c[nH]c3ccccc23)CC1. The van der Waals surface area contributed by atoms with Gasteiger partial charge in [0.25, 0.3) is 0 Å². The van der Waals surface area contributed by atoms with Crippen molar-refractivity contribution in [3.63, 3.8) is 0 Å². The van der Waals surface area contributed by atoms with E-state index in [1.54, 1.807) is 0 Å². The van der Waals surface area contributed by atoms with Gasteiger partial charge in [-0.3, -0.25) is 15.0 Å². The van der Waals surface area contributed by atoms with Crippen LogP contribution in [0, 0.1) is 0 Å². The summed E-state index contributed by atoms with van der Waals surface area (Å²) in [6.07, 6.45) is 5.02. The van der Waals surface area contributed by atoms with Crippen LogP contribution in [0.5, 0.6) is 0 Å². The van der Waals surface area contributed by atoms with Crippen LogP contribution in [0.15, 0.2) is 30.5 Å². The summed E-state index contributed by atoms with van der Waals surface area (Å²) in [6.45, 7) is 4.57. The molecule has 0 radical (unpaired) electrons. The highest BCUT2D eigenvalue weighted by molar-refractivity contribution is 5.95. The van der Waals surface area contributed by atoms with E-state index in [0.717, 1.165) is 32.4 Å². The molecule has 1 aromatic carbocycles. The van der Waals surface area contributed by atoms with E-state index >= 15 is 0 Å². The van der Waals surface area contributed by atoms with Crippen molar-refractivity contribution in [1.29, 1.82) is 0 Å². The molecule has 134 valence electrons. The van der Waals surface area contributed by atoms with Crippen molar-refractivity contribution in [2.45, 2.75) is 32.1 Å². The fraction of sp³-hybridized carbons (Fsp3) is 0.474. The molecular formula is C19H26N4O2. The van der Waals surface area contributed by atoms with Crippen LogP contribution in [-0.2, 0) is 4.79 Å². The molecule has 1 aliphatic rings. The highest BCUT2D eigenvalue weighted by atomic mass is 16.2. The Morgan fingerprint density at radius 3 is 2.76 bits per heavy atom. The molecule has 3 N–H and O–H groups in total. The summed E-state index contributed by atoms with van der Waals surface area (Å²) in [5, 5.41) is 6.34. The lowest BCUT2D eigenvalue weighted by Crippen LogP contribution is -2.46. The number of fused-ring (bicyclic) bond motifs is 1. The largest absolute Gasteiger partial charge is 0.361 e. The number of para-hydroxylation sites is 1. The number of H-pyrrole nitrogens is 1. The van der Waals surface area contributed by atoms with E-state index in [0.29, 0.717) is 12.5 Å². The Morgan fingerprint density at radius 2 is 2.00 bits per heavy atom. The van der Waals surface area contributed by atoms with Crippen molar-refractivity contribution in [2.75, 3.05) is 26.2 Å². The van der Waals surface area contributed by atoms with Gasteiger partial charge in [-0.05, 0) is 49.9 Å². The molecule has 0 bridgehead atoms. The summed E-state index contributed by atoms with van der Waals surface area (Å²) in [5.74, 6) is 0.280. The first-order valence-electron chi connectivity index (χ1n) is 9.03. The number of imide groups is 1. The van der Waals surface area contributed by atoms with Crippen LogP contribution in [0.3, 0.4) is 0 Å². The normalized spacial score (nSPS) is 16.0. The van der Waals surface area contributed by atoms with Crippen LogP contribution in [0.1, 0.15) is 37.7 Å². The molecule has 0 unspecified atom stereocenters. The maximum atomic E-state index is 12.0. The number of nitrogens with one attached hydrogen (secondary N) is 3. The van der Waals surface area contributed by atoms with Gasteiger partial charge in [0.05, 0.1) is 6.54 Å². The minimum absolute atomic E-state index is 0.237. The summed E-state index contributed by atoms with van der Waals surface area (Å²) >= 11 is 0. The predicted molar refractivity (Wildman–Crippen MR) is 98.5 cm³/mol. The molecule has 1 aliphatic heterocycles.